The van der Waals surface area contributed by atoms with Crippen molar-refractivity contribution in [2.45, 2.75) is 76.4 Å². The Labute approximate surface area is 137 Å². The van der Waals surface area contributed by atoms with Crippen LogP contribution < -0.4 is 0 Å². The number of hydrogen-bond acceptors (Lipinski definition) is 5. The fourth-order valence-corrected chi connectivity index (χ4v) is 5.09. The molecule has 0 aromatic heterocycles. The second kappa shape index (κ2) is 6.08. The Morgan fingerprint density at radius 2 is 1.87 bits per heavy atom. The zero-order chi connectivity index (χ0) is 16.7. The van der Waals surface area contributed by atoms with Crippen LogP contribution in [0.25, 0.3) is 0 Å². The maximum absolute atomic E-state index is 12.2. The van der Waals surface area contributed by atoms with Gasteiger partial charge in [-0.25, -0.2) is 0 Å². The summed E-state index contributed by atoms with van der Waals surface area (Å²) in [6, 6.07) is 0. The summed E-state index contributed by atoms with van der Waals surface area (Å²) >= 11 is 0. The number of aliphatic hydroxyl groups is 1. The third kappa shape index (κ3) is 3.54. The number of carbonyl (C=O) groups excluding carboxylic acids is 2. The van der Waals surface area contributed by atoms with Crippen LogP contribution in [0, 0.1) is 17.8 Å². The van der Waals surface area contributed by atoms with Crippen LogP contribution in [0.15, 0.2) is 0 Å². The zero-order valence-corrected chi connectivity index (χ0v) is 14.2. The van der Waals surface area contributed by atoms with Crippen LogP contribution in [0.1, 0.15) is 65.2 Å². The second-order valence-electron chi connectivity index (χ2n) is 8.07. The molecule has 0 amide bonds. The van der Waals surface area contributed by atoms with E-state index in [4.69, 9.17) is 9.47 Å². The van der Waals surface area contributed by atoms with Crippen molar-refractivity contribution in [3.8, 4) is 0 Å². The van der Waals surface area contributed by atoms with Gasteiger partial charge in [0.1, 0.15) is 12.2 Å². The average Bonchev–Trinajstić information content (AvgIpc) is 2.42. The fraction of sp³-hybridized carbons (Fsp3) is 0.889. The molecular formula is C18H28O5. The molecule has 4 fully saturated rings. The summed E-state index contributed by atoms with van der Waals surface area (Å²) in [4.78, 5) is 23.8. The Hall–Kier alpha value is -1.10. The van der Waals surface area contributed by atoms with E-state index in [1.165, 1.54) is 0 Å². The summed E-state index contributed by atoms with van der Waals surface area (Å²) in [7, 11) is 0. The molecule has 4 aliphatic carbocycles. The van der Waals surface area contributed by atoms with Crippen molar-refractivity contribution in [1.82, 2.24) is 0 Å². The van der Waals surface area contributed by atoms with E-state index in [0.29, 0.717) is 18.3 Å². The first kappa shape index (κ1) is 16.7. The first-order valence-corrected chi connectivity index (χ1v) is 8.94. The Kier molecular flexibility index (Phi) is 4.43. The van der Waals surface area contributed by atoms with Crippen LogP contribution in [-0.4, -0.2) is 34.9 Å². The van der Waals surface area contributed by atoms with Gasteiger partial charge in [0.2, 0.25) is 0 Å². The highest BCUT2D eigenvalue weighted by atomic mass is 16.6. The smallest absolute Gasteiger partial charge is 0.309 e. The largest absolute Gasteiger partial charge is 0.465 e. The molecule has 4 bridgehead atoms. The minimum atomic E-state index is -0.632. The van der Waals surface area contributed by atoms with Gasteiger partial charge in [-0.1, -0.05) is 13.8 Å². The van der Waals surface area contributed by atoms with Gasteiger partial charge in [-0.3, -0.25) is 9.59 Å². The molecule has 3 unspecified atom stereocenters. The first-order valence-electron chi connectivity index (χ1n) is 8.94. The molecule has 23 heavy (non-hydrogen) atoms. The molecule has 1 N–H and O–H groups in total. The number of ether oxygens (including phenoxy) is 2. The average molecular weight is 324 g/mol. The van der Waals surface area contributed by atoms with E-state index in [0.717, 1.165) is 38.5 Å². The second-order valence-corrected chi connectivity index (χ2v) is 8.07. The number of hydrogen-bond donors (Lipinski definition) is 1. The fourth-order valence-electron chi connectivity index (χ4n) is 5.09. The summed E-state index contributed by atoms with van der Waals surface area (Å²) in [5.74, 6) is 0.259. The monoisotopic (exact) mass is 324 g/mol. The molecule has 4 saturated carbocycles. The molecule has 4 aliphatic rings. The molecule has 0 radical (unpaired) electrons. The summed E-state index contributed by atoms with van der Waals surface area (Å²) < 4.78 is 10.9. The van der Waals surface area contributed by atoms with E-state index in [1.807, 2.05) is 13.8 Å². The van der Waals surface area contributed by atoms with Gasteiger partial charge < -0.3 is 14.6 Å². The van der Waals surface area contributed by atoms with Crippen molar-refractivity contribution in [1.29, 1.82) is 0 Å². The lowest BCUT2D eigenvalue weighted by atomic mass is 9.52. The standard InChI is InChI=1S/C18H28O5/c1-3-12(2)16(20)22-5-4-15(19)23-18-9-13-6-14(10-18)8-17(21,7-13)11-18/h12-14,21H,3-11H2,1-2H3. The lowest BCUT2D eigenvalue weighted by molar-refractivity contribution is -0.220. The molecule has 0 saturated heterocycles. The normalized spacial score (nSPS) is 39.1. The Morgan fingerprint density at radius 1 is 1.22 bits per heavy atom. The molecule has 5 heteroatoms. The predicted molar refractivity (Wildman–Crippen MR) is 83.5 cm³/mol. The van der Waals surface area contributed by atoms with Crippen molar-refractivity contribution in [2.75, 3.05) is 6.61 Å². The highest BCUT2D eigenvalue weighted by Gasteiger charge is 2.59. The van der Waals surface area contributed by atoms with Crippen LogP contribution in [0.4, 0.5) is 0 Å². The predicted octanol–water partition coefficient (Wildman–Crippen LogP) is 2.59. The molecule has 3 atom stereocenters. The number of esters is 2. The molecule has 0 aliphatic heterocycles. The number of rotatable bonds is 6. The van der Waals surface area contributed by atoms with Gasteiger partial charge in [-0.2, -0.15) is 0 Å². The molecule has 0 aromatic carbocycles. The quantitative estimate of drug-likeness (QED) is 0.760. The van der Waals surface area contributed by atoms with Crippen LogP contribution in [0.2, 0.25) is 0 Å². The van der Waals surface area contributed by atoms with Crippen molar-refractivity contribution in [2.24, 2.45) is 17.8 Å². The van der Waals surface area contributed by atoms with Gasteiger partial charge >= 0.3 is 11.9 Å². The highest BCUT2D eigenvalue weighted by molar-refractivity contribution is 5.73. The maximum Gasteiger partial charge on any atom is 0.309 e. The van der Waals surface area contributed by atoms with E-state index in [-0.39, 0.29) is 30.9 Å². The lowest BCUT2D eigenvalue weighted by Gasteiger charge is -2.59. The molecule has 4 rings (SSSR count). The Morgan fingerprint density at radius 3 is 2.43 bits per heavy atom. The van der Waals surface area contributed by atoms with Crippen LogP contribution in [0.5, 0.6) is 0 Å². The SMILES string of the molecule is CCC(C)C(=O)OCCC(=O)OC12CC3CC(CC(O)(C3)C1)C2. The summed E-state index contributed by atoms with van der Waals surface area (Å²) in [5.41, 5.74) is -1.11. The number of carbonyl (C=O) groups is 2. The topological polar surface area (TPSA) is 72.8 Å². The Balaban J connectivity index is 1.49. The van der Waals surface area contributed by atoms with E-state index in [9.17, 15) is 14.7 Å². The lowest BCUT2D eigenvalue weighted by Crippen LogP contribution is -2.60. The molecule has 0 aromatic rings. The van der Waals surface area contributed by atoms with Gasteiger partial charge in [-0.15, -0.1) is 0 Å². The van der Waals surface area contributed by atoms with E-state index in [1.54, 1.807) is 0 Å². The van der Waals surface area contributed by atoms with Crippen molar-refractivity contribution in [3.05, 3.63) is 0 Å². The van der Waals surface area contributed by atoms with Crippen molar-refractivity contribution >= 4 is 11.9 Å². The van der Waals surface area contributed by atoms with Gasteiger partial charge in [0.25, 0.3) is 0 Å². The summed E-state index contributed by atoms with van der Waals surface area (Å²) in [6.07, 6.45) is 6.03. The third-order valence-corrected chi connectivity index (χ3v) is 5.87. The van der Waals surface area contributed by atoms with Crippen LogP contribution in [0.3, 0.4) is 0 Å². The molecular weight excluding hydrogens is 296 g/mol. The minimum absolute atomic E-state index is 0.0786. The zero-order valence-electron chi connectivity index (χ0n) is 14.2. The summed E-state index contributed by atoms with van der Waals surface area (Å²) in [6.45, 7) is 3.82. The van der Waals surface area contributed by atoms with Gasteiger partial charge in [0.15, 0.2) is 0 Å². The maximum atomic E-state index is 12.2. The molecule has 0 heterocycles. The third-order valence-electron chi connectivity index (χ3n) is 5.87. The van der Waals surface area contributed by atoms with Gasteiger partial charge in [0.05, 0.1) is 17.9 Å². The molecule has 130 valence electrons. The van der Waals surface area contributed by atoms with Crippen molar-refractivity contribution in [3.63, 3.8) is 0 Å². The van der Waals surface area contributed by atoms with Gasteiger partial charge in [-0.05, 0) is 50.4 Å². The summed E-state index contributed by atoms with van der Waals surface area (Å²) in [5, 5.41) is 10.7. The minimum Gasteiger partial charge on any atom is -0.465 e. The highest BCUT2D eigenvalue weighted by Crippen LogP contribution is 2.58. The first-order chi connectivity index (χ1) is 10.8. The molecule has 0 spiro atoms. The van der Waals surface area contributed by atoms with Crippen LogP contribution in [-0.2, 0) is 19.1 Å². The van der Waals surface area contributed by atoms with Crippen LogP contribution >= 0.6 is 0 Å². The van der Waals surface area contributed by atoms with Gasteiger partial charge in [0, 0.05) is 6.42 Å². The van der Waals surface area contributed by atoms with E-state index < -0.39 is 11.2 Å². The van der Waals surface area contributed by atoms with Crippen molar-refractivity contribution < 1.29 is 24.2 Å². The Bertz CT molecular complexity index is 472. The van der Waals surface area contributed by atoms with E-state index >= 15 is 0 Å². The van der Waals surface area contributed by atoms with E-state index in [2.05, 4.69) is 0 Å². The molecule has 5 nitrogen and oxygen atoms in total.